The molecular formula is C17H19N5O. The number of rotatable bonds is 2. The fourth-order valence-corrected chi connectivity index (χ4v) is 3.40. The molecule has 118 valence electrons. The van der Waals surface area contributed by atoms with E-state index in [1.807, 2.05) is 33.8 Å². The first kappa shape index (κ1) is 14.0. The van der Waals surface area contributed by atoms with E-state index in [1.165, 1.54) is 6.33 Å². The molecule has 1 saturated heterocycles. The molecule has 1 unspecified atom stereocenters. The number of likely N-dealkylation sites (tertiary alicyclic amines) is 1. The van der Waals surface area contributed by atoms with Crippen LogP contribution in [0.2, 0.25) is 0 Å². The topological polar surface area (TPSA) is 66.3 Å². The summed E-state index contributed by atoms with van der Waals surface area (Å²) in [5.41, 5.74) is 2.96. The molecule has 3 aromatic rings. The Kier molecular flexibility index (Phi) is 3.37. The van der Waals surface area contributed by atoms with Crippen LogP contribution >= 0.6 is 0 Å². The smallest absolute Gasteiger partial charge is 0.256 e. The van der Waals surface area contributed by atoms with Crippen molar-refractivity contribution in [3.8, 4) is 0 Å². The highest BCUT2D eigenvalue weighted by Crippen LogP contribution is 2.30. The molecular weight excluding hydrogens is 290 g/mol. The van der Waals surface area contributed by atoms with Gasteiger partial charge in [0.15, 0.2) is 0 Å². The first-order chi connectivity index (χ1) is 11.2. The van der Waals surface area contributed by atoms with Crippen LogP contribution in [0.5, 0.6) is 0 Å². The first-order valence-corrected chi connectivity index (χ1v) is 7.97. The molecule has 0 bridgehead atoms. The molecule has 1 aliphatic heterocycles. The van der Waals surface area contributed by atoms with Gasteiger partial charge in [0.05, 0.1) is 11.6 Å². The van der Waals surface area contributed by atoms with Crippen LogP contribution in [0.3, 0.4) is 0 Å². The number of nitrogens with one attached hydrogen (secondary N) is 1. The minimum absolute atomic E-state index is 0.0112. The van der Waals surface area contributed by atoms with Crippen molar-refractivity contribution in [3.63, 3.8) is 0 Å². The Morgan fingerprint density at radius 2 is 2.30 bits per heavy atom. The standard InChI is InChI=1S/C17H19N5O/c1-12-5-4-7-21-10-13(9-15(12)21)17(23)22-8-3-2-6-14(22)16-18-11-19-20-16/h4-5,7,9-11,14H,2-3,6,8H2,1H3,(H,18,19,20). The molecule has 0 aromatic carbocycles. The molecule has 1 amide bonds. The van der Waals surface area contributed by atoms with Crippen molar-refractivity contribution in [2.45, 2.75) is 32.2 Å². The van der Waals surface area contributed by atoms with Gasteiger partial charge in [-0.1, -0.05) is 6.07 Å². The van der Waals surface area contributed by atoms with Crippen molar-refractivity contribution in [3.05, 3.63) is 53.9 Å². The van der Waals surface area contributed by atoms with Crippen LogP contribution < -0.4 is 0 Å². The van der Waals surface area contributed by atoms with Crippen LogP contribution in [0.4, 0.5) is 0 Å². The Labute approximate surface area is 134 Å². The zero-order valence-electron chi connectivity index (χ0n) is 13.1. The molecule has 6 heteroatoms. The maximum absolute atomic E-state index is 13.0. The summed E-state index contributed by atoms with van der Waals surface area (Å²) in [5.74, 6) is 0.840. The summed E-state index contributed by atoms with van der Waals surface area (Å²) in [4.78, 5) is 19.2. The zero-order chi connectivity index (χ0) is 15.8. The van der Waals surface area contributed by atoms with Gasteiger partial charge in [-0.05, 0) is 43.9 Å². The Morgan fingerprint density at radius 3 is 3.09 bits per heavy atom. The molecule has 0 spiro atoms. The van der Waals surface area contributed by atoms with Crippen LogP contribution in [-0.2, 0) is 0 Å². The van der Waals surface area contributed by atoms with Gasteiger partial charge in [-0.3, -0.25) is 9.89 Å². The third-order valence-corrected chi connectivity index (χ3v) is 4.61. The number of aromatic nitrogens is 4. The Balaban J connectivity index is 1.69. The molecule has 1 N–H and O–H groups in total. The monoisotopic (exact) mass is 309 g/mol. The second kappa shape index (κ2) is 5.53. The number of amides is 1. The number of nitrogens with zero attached hydrogens (tertiary/aromatic N) is 4. The number of carbonyl (C=O) groups excluding carboxylic acids is 1. The summed E-state index contributed by atoms with van der Waals surface area (Å²) in [7, 11) is 0. The van der Waals surface area contributed by atoms with E-state index in [1.54, 1.807) is 0 Å². The largest absolute Gasteiger partial charge is 0.328 e. The maximum Gasteiger partial charge on any atom is 0.256 e. The van der Waals surface area contributed by atoms with E-state index < -0.39 is 0 Å². The fraction of sp³-hybridized carbons (Fsp3) is 0.353. The van der Waals surface area contributed by atoms with E-state index in [0.29, 0.717) is 0 Å². The van der Waals surface area contributed by atoms with Crippen molar-refractivity contribution < 1.29 is 4.79 Å². The van der Waals surface area contributed by atoms with Crippen molar-refractivity contribution in [1.82, 2.24) is 24.5 Å². The van der Waals surface area contributed by atoms with Crippen LogP contribution in [0.1, 0.15) is 47.1 Å². The third kappa shape index (κ3) is 2.40. The number of fused-ring (bicyclic) bond motifs is 1. The van der Waals surface area contributed by atoms with Crippen LogP contribution in [-0.4, -0.2) is 36.9 Å². The summed E-state index contributed by atoms with van der Waals surface area (Å²) in [5, 5.41) is 6.85. The van der Waals surface area contributed by atoms with E-state index in [-0.39, 0.29) is 11.9 Å². The predicted octanol–water partition coefficient (Wildman–Crippen LogP) is 2.73. The highest BCUT2D eigenvalue weighted by Gasteiger charge is 2.31. The Hall–Kier alpha value is -2.63. The van der Waals surface area contributed by atoms with Gasteiger partial charge in [-0.25, -0.2) is 4.98 Å². The predicted molar refractivity (Wildman–Crippen MR) is 86.1 cm³/mol. The van der Waals surface area contributed by atoms with Crippen LogP contribution in [0.25, 0.3) is 5.52 Å². The molecule has 4 rings (SSSR count). The van der Waals surface area contributed by atoms with Gasteiger partial charge < -0.3 is 9.30 Å². The molecule has 0 radical (unpaired) electrons. The lowest BCUT2D eigenvalue weighted by atomic mass is 10.0. The fourth-order valence-electron chi connectivity index (χ4n) is 3.40. The van der Waals surface area contributed by atoms with Gasteiger partial charge in [0.25, 0.3) is 5.91 Å². The van der Waals surface area contributed by atoms with Gasteiger partial charge in [-0.2, -0.15) is 5.10 Å². The number of hydrogen-bond donors (Lipinski definition) is 1. The molecule has 3 aromatic heterocycles. The van der Waals surface area contributed by atoms with E-state index in [0.717, 1.165) is 48.3 Å². The number of aromatic amines is 1. The molecule has 6 nitrogen and oxygen atoms in total. The van der Waals surface area contributed by atoms with E-state index in [4.69, 9.17) is 0 Å². The number of piperidine rings is 1. The molecule has 23 heavy (non-hydrogen) atoms. The average Bonchev–Trinajstić information content (AvgIpc) is 3.24. The summed E-state index contributed by atoms with van der Waals surface area (Å²) in [6.45, 7) is 2.82. The highest BCUT2D eigenvalue weighted by atomic mass is 16.2. The SMILES string of the molecule is Cc1cccn2cc(C(=O)N3CCCCC3c3ncn[nH]3)cc12. The summed E-state index contributed by atoms with van der Waals surface area (Å²) in [6.07, 6.45) is 8.45. The Morgan fingerprint density at radius 1 is 1.39 bits per heavy atom. The first-order valence-electron chi connectivity index (χ1n) is 7.97. The second-order valence-corrected chi connectivity index (χ2v) is 6.09. The number of hydrogen-bond acceptors (Lipinski definition) is 3. The third-order valence-electron chi connectivity index (χ3n) is 4.61. The molecule has 1 fully saturated rings. The quantitative estimate of drug-likeness (QED) is 0.791. The Bertz CT molecular complexity index is 836. The highest BCUT2D eigenvalue weighted by molar-refractivity contribution is 5.96. The van der Waals surface area contributed by atoms with Gasteiger partial charge >= 0.3 is 0 Å². The normalized spacial score (nSPS) is 18.5. The van der Waals surface area contributed by atoms with Crippen molar-refractivity contribution in [1.29, 1.82) is 0 Å². The minimum Gasteiger partial charge on any atom is -0.328 e. The van der Waals surface area contributed by atoms with Gasteiger partial charge in [0.2, 0.25) is 0 Å². The van der Waals surface area contributed by atoms with Crippen molar-refractivity contribution >= 4 is 11.4 Å². The number of pyridine rings is 1. The van der Waals surface area contributed by atoms with Crippen molar-refractivity contribution in [2.75, 3.05) is 6.54 Å². The number of H-pyrrole nitrogens is 1. The van der Waals surface area contributed by atoms with Crippen LogP contribution in [0, 0.1) is 6.92 Å². The lowest BCUT2D eigenvalue weighted by Crippen LogP contribution is -2.38. The zero-order valence-corrected chi connectivity index (χ0v) is 13.1. The van der Waals surface area contributed by atoms with Gasteiger partial charge in [0, 0.05) is 24.5 Å². The lowest BCUT2D eigenvalue weighted by Gasteiger charge is -2.34. The second-order valence-electron chi connectivity index (χ2n) is 6.09. The molecule has 0 saturated carbocycles. The molecule has 1 aliphatic rings. The van der Waals surface area contributed by atoms with Gasteiger partial charge in [0.1, 0.15) is 12.2 Å². The van der Waals surface area contributed by atoms with Crippen molar-refractivity contribution in [2.24, 2.45) is 0 Å². The average molecular weight is 309 g/mol. The molecule has 4 heterocycles. The van der Waals surface area contributed by atoms with E-state index in [2.05, 4.69) is 28.2 Å². The molecule has 1 atom stereocenters. The molecule has 0 aliphatic carbocycles. The van der Waals surface area contributed by atoms with E-state index >= 15 is 0 Å². The summed E-state index contributed by atoms with van der Waals surface area (Å²) in [6, 6.07) is 6.02. The van der Waals surface area contributed by atoms with Crippen LogP contribution in [0.15, 0.2) is 36.9 Å². The summed E-state index contributed by atoms with van der Waals surface area (Å²) >= 11 is 0. The van der Waals surface area contributed by atoms with E-state index in [9.17, 15) is 4.79 Å². The lowest BCUT2D eigenvalue weighted by molar-refractivity contribution is 0.0600. The maximum atomic E-state index is 13.0. The minimum atomic E-state index is -0.0112. The summed E-state index contributed by atoms with van der Waals surface area (Å²) < 4.78 is 2.01. The number of carbonyl (C=O) groups is 1. The number of aryl methyl sites for hydroxylation is 1. The van der Waals surface area contributed by atoms with Gasteiger partial charge in [-0.15, -0.1) is 0 Å².